The Morgan fingerprint density at radius 2 is 1.88 bits per heavy atom. The maximum atomic E-state index is 13.2. The monoisotopic (exact) mass is 328 g/mol. The Labute approximate surface area is 143 Å². The van der Waals surface area contributed by atoms with Crippen LogP contribution in [0.15, 0.2) is 48.5 Å². The summed E-state index contributed by atoms with van der Waals surface area (Å²) >= 11 is 0. The number of hydrogen-bond acceptors (Lipinski definition) is 2. The molecule has 1 atom stereocenters. The van der Waals surface area contributed by atoms with E-state index in [1.807, 2.05) is 37.3 Å². The molecular weight excluding hydrogens is 303 g/mol. The van der Waals surface area contributed by atoms with Crippen molar-refractivity contribution in [3.63, 3.8) is 0 Å². The second kappa shape index (κ2) is 9.18. The van der Waals surface area contributed by atoms with Gasteiger partial charge in [-0.2, -0.15) is 0 Å². The van der Waals surface area contributed by atoms with Gasteiger partial charge in [0.2, 0.25) is 5.91 Å². The van der Waals surface area contributed by atoms with Crippen molar-refractivity contribution < 1.29 is 9.18 Å². The van der Waals surface area contributed by atoms with Crippen LogP contribution in [0, 0.1) is 11.7 Å². The Morgan fingerprint density at radius 1 is 1.12 bits per heavy atom. The number of nitrogens with one attached hydrogen (secondary N) is 2. The second-order valence-corrected chi connectivity index (χ2v) is 6.04. The maximum absolute atomic E-state index is 13.2. The molecule has 2 N–H and O–H groups in total. The first-order chi connectivity index (χ1) is 11.6. The van der Waals surface area contributed by atoms with Gasteiger partial charge in [0.25, 0.3) is 0 Å². The van der Waals surface area contributed by atoms with E-state index >= 15 is 0 Å². The summed E-state index contributed by atoms with van der Waals surface area (Å²) in [4.78, 5) is 12.3. The van der Waals surface area contributed by atoms with Gasteiger partial charge in [-0.1, -0.05) is 38.1 Å². The van der Waals surface area contributed by atoms with Crippen LogP contribution in [0.5, 0.6) is 0 Å². The van der Waals surface area contributed by atoms with Crippen LogP contribution in [0.1, 0.15) is 31.4 Å². The van der Waals surface area contributed by atoms with E-state index in [-0.39, 0.29) is 17.6 Å². The molecule has 0 spiro atoms. The fourth-order valence-electron chi connectivity index (χ4n) is 2.50. The molecule has 0 heterocycles. The van der Waals surface area contributed by atoms with E-state index in [1.54, 1.807) is 6.07 Å². The minimum absolute atomic E-state index is 0.00740. The molecular formula is C20H25FN2O. The molecule has 1 unspecified atom stereocenters. The van der Waals surface area contributed by atoms with Crippen LogP contribution in [0.2, 0.25) is 0 Å². The van der Waals surface area contributed by atoms with Crippen molar-refractivity contribution in [3.05, 3.63) is 65.5 Å². The summed E-state index contributed by atoms with van der Waals surface area (Å²) in [6.07, 6.45) is 1.37. The van der Waals surface area contributed by atoms with Crippen LogP contribution in [0.25, 0.3) is 0 Å². The predicted molar refractivity (Wildman–Crippen MR) is 96.3 cm³/mol. The van der Waals surface area contributed by atoms with Crippen LogP contribution in [0.4, 0.5) is 10.1 Å². The Balaban J connectivity index is 1.87. The van der Waals surface area contributed by atoms with Crippen molar-refractivity contribution in [2.75, 3.05) is 11.9 Å². The highest BCUT2D eigenvalue weighted by Gasteiger charge is 2.13. The minimum atomic E-state index is -0.234. The van der Waals surface area contributed by atoms with Crippen LogP contribution < -0.4 is 10.6 Å². The lowest BCUT2D eigenvalue weighted by Crippen LogP contribution is -2.21. The van der Waals surface area contributed by atoms with E-state index < -0.39 is 0 Å². The van der Waals surface area contributed by atoms with Crippen molar-refractivity contribution in [2.24, 2.45) is 5.92 Å². The molecule has 0 saturated carbocycles. The van der Waals surface area contributed by atoms with E-state index in [4.69, 9.17) is 0 Å². The first-order valence-electron chi connectivity index (χ1n) is 8.43. The number of carbonyl (C=O) groups excluding carboxylic acids is 1. The fourth-order valence-corrected chi connectivity index (χ4v) is 2.50. The normalized spacial score (nSPS) is 12.0. The zero-order valence-corrected chi connectivity index (χ0v) is 14.3. The van der Waals surface area contributed by atoms with Gasteiger partial charge in [0.15, 0.2) is 0 Å². The quantitative estimate of drug-likeness (QED) is 0.764. The number of amides is 1. The smallest absolute Gasteiger partial charge is 0.227 e. The van der Waals surface area contributed by atoms with Crippen LogP contribution in [-0.2, 0) is 17.8 Å². The highest BCUT2D eigenvalue weighted by Crippen LogP contribution is 2.15. The van der Waals surface area contributed by atoms with Gasteiger partial charge in [-0.15, -0.1) is 0 Å². The second-order valence-electron chi connectivity index (χ2n) is 6.04. The van der Waals surface area contributed by atoms with Crippen molar-refractivity contribution in [3.8, 4) is 0 Å². The molecule has 4 heteroatoms. The molecule has 0 aromatic heterocycles. The summed E-state index contributed by atoms with van der Waals surface area (Å²) in [7, 11) is 0. The largest absolute Gasteiger partial charge is 0.326 e. The van der Waals surface area contributed by atoms with E-state index in [0.717, 1.165) is 29.9 Å². The number of carbonyl (C=O) groups is 1. The Kier molecular flexibility index (Phi) is 6.94. The SMILES string of the molecule is CCNCc1cccc(NC(=O)C(C)CCc2cccc(F)c2)c1. The van der Waals surface area contributed by atoms with Gasteiger partial charge in [-0.3, -0.25) is 4.79 Å². The van der Waals surface area contributed by atoms with Crippen molar-refractivity contribution in [1.29, 1.82) is 0 Å². The summed E-state index contributed by atoms with van der Waals surface area (Å²) in [5.41, 5.74) is 2.87. The zero-order chi connectivity index (χ0) is 17.4. The first kappa shape index (κ1) is 18.1. The number of hydrogen-bond donors (Lipinski definition) is 2. The van der Waals surface area contributed by atoms with E-state index in [9.17, 15) is 9.18 Å². The molecule has 0 radical (unpaired) electrons. The van der Waals surface area contributed by atoms with Gasteiger partial charge in [0.05, 0.1) is 0 Å². The Morgan fingerprint density at radius 3 is 2.62 bits per heavy atom. The van der Waals surface area contributed by atoms with Crippen molar-refractivity contribution >= 4 is 11.6 Å². The molecule has 2 aromatic rings. The topological polar surface area (TPSA) is 41.1 Å². The number of aryl methyl sites for hydroxylation is 1. The molecule has 0 aliphatic heterocycles. The van der Waals surface area contributed by atoms with Gasteiger partial charge in [-0.05, 0) is 54.8 Å². The van der Waals surface area contributed by atoms with E-state index in [2.05, 4.69) is 17.6 Å². The highest BCUT2D eigenvalue weighted by atomic mass is 19.1. The van der Waals surface area contributed by atoms with Crippen LogP contribution >= 0.6 is 0 Å². The molecule has 0 aliphatic rings. The summed E-state index contributed by atoms with van der Waals surface area (Å²) in [5, 5.41) is 6.23. The summed E-state index contributed by atoms with van der Waals surface area (Å²) in [5.74, 6) is -0.375. The summed E-state index contributed by atoms with van der Waals surface area (Å²) in [6.45, 7) is 5.66. The predicted octanol–water partition coefficient (Wildman–Crippen LogP) is 4.14. The number of benzene rings is 2. The molecule has 0 saturated heterocycles. The minimum Gasteiger partial charge on any atom is -0.326 e. The molecule has 2 aromatic carbocycles. The van der Waals surface area contributed by atoms with Crippen molar-refractivity contribution in [2.45, 2.75) is 33.2 Å². The molecule has 3 nitrogen and oxygen atoms in total. The molecule has 128 valence electrons. The molecule has 0 fully saturated rings. The average molecular weight is 328 g/mol. The third kappa shape index (κ3) is 5.78. The lowest BCUT2D eigenvalue weighted by Gasteiger charge is -2.13. The van der Waals surface area contributed by atoms with Gasteiger partial charge in [0, 0.05) is 18.2 Å². The summed E-state index contributed by atoms with van der Waals surface area (Å²) in [6, 6.07) is 14.4. The van der Waals surface area contributed by atoms with Gasteiger partial charge >= 0.3 is 0 Å². The standard InChI is InChI=1S/C20H25FN2O/c1-3-22-14-17-7-5-9-19(13-17)23-20(24)15(2)10-11-16-6-4-8-18(21)12-16/h4-9,12-13,15,22H,3,10-11,14H2,1-2H3,(H,23,24). The number of rotatable bonds is 8. The Hall–Kier alpha value is -2.20. The molecule has 2 rings (SSSR count). The van der Waals surface area contributed by atoms with Gasteiger partial charge in [0.1, 0.15) is 5.82 Å². The van der Waals surface area contributed by atoms with E-state index in [0.29, 0.717) is 12.8 Å². The number of halogens is 1. The summed E-state index contributed by atoms with van der Waals surface area (Å²) < 4.78 is 13.2. The molecule has 1 amide bonds. The van der Waals surface area contributed by atoms with Gasteiger partial charge < -0.3 is 10.6 Å². The van der Waals surface area contributed by atoms with Crippen LogP contribution in [-0.4, -0.2) is 12.5 Å². The Bertz CT molecular complexity index is 672. The lowest BCUT2D eigenvalue weighted by molar-refractivity contribution is -0.119. The maximum Gasteiger partial charge on any atom is 0.227 e. The number of anilines is 1. The average Bonchev–Trinajstić information content (AvgIpc) is 2.58. The van der Waals surface area contributed by atoms with Crippen LogP contribution in [0.3, 0.4) is 0 Å². The lowest BCUT2D eigenvalue weighted by atomic mass is 10.00. The molecule has 0 aliphatic carbocycles. The van der Waals surface area contributed by atoms with Crippen molar-refractivity contribution in [1.82, 2.24) is 5.32 Å². The molecule has 24 heavy (non-hydrogen) atoms. The highest BCUT2D eigenvalue weighted by molar-refractivity contribution is 5.92. The fraction of sp³-hybridized carbons (Fsp3) is 0.350. The third-order valence-electron chi connectivity index (χ3n) is 3.98. The zero-order valence-electron chi connectivity index (χ0n) is 14.3. The third-order valence-corrected chi connectivity index (χ3v) is 3.98. The molecule has 0 bridgehead atoms. The van der Waals surface area contributed by atoms with Gasteiger partial charge in [-0.25, -0.2) is 4.39 Å². The first-order valence-corrected chi connectivity index (χ1v) is 8.43. The van der Waals surface area contributed by atoms with E-state index in [1.165, 1.54) is 12.1 Å².